The van der Waals surface area contributed by atoms with Gasteiger partial charge < -0.3 is 5.32 Å². The van der Waals surface area contributed by atoms with Crippen LogP contribution in [0.4, 0.5) is 0 Å². The monoisotopic (exact) mass is 333 g/mol. The topological polar surface area (TPSA) is 88.2 Å². The minimum Gasteiger partial charge on any atom is -0.349 e. The van der Waals surface area contributed by atoms with Crippen molar-refractivity contribution in [3.8, 4) is 0 Å². The molecule has 122 valence electrons. The molecular formula is C16H19N3O3S. The van der Waals surface area contributed by atoms with Gasteiger partial charge in [0.2, 0.25) is 15.9 Å². The summed E-state index contributed by atoms with van der Waals surface area (Å²) in [5.74, 6) is -0.411. The SMILES string of the molecule is Cc1ccc(S(=O)(=O)N[C@H](C)C(=O)NCc2ccccn2)cc1. The maximum absolute atomic E-state index is 12.2. The Bertz CT molecular complexity index is 759. The van der Waals surface area contributed by atoms with Crippen LogP contribution >= 0.6 is 0 Å². The molecule has 0 aliphatic carbocycles. The second-order valence-electron chi connectivity index (χ2n) is 5.19. The lowest BCUT2D eigenvalue weighted by Crippen LogP contribution is -2.44. The third kappa shape index (κ3) is 4.87. The number of carbonyl (C=O) groups is 1. The molecular weight excluding hydrogens is 314 g/mol. The number of benzene rings is 1. The van der Waals surface area contributed by atoms with Crippen LogP contribution in [0, 0.1) is 6.92 Å². The van der Waals surface area contributed by atoms with Gasteiger partial charge in [0.25, 0.3) is 0 Å². The summed E-state index contributed by atoms with van der Waals surface area (Å²) < 4.78 is 26.8. The number of hydrogen-bond donors (Lipinski definition) is 2. The van der Waals surface area contributed by atoms with Crippen LogP contribution in [0.5, 0.6) is 0 Å². The standard InChI is InChI=1S/C16H19N3O3S/c1-12-6-8-15(9-7-12)23(21,22)19-13(2)16(20)18-11-14-5-3-4-10-17-14/h3-10,13,19H,11H2,1-2H3,(H,18,20)/t13-/m1/s1. The van der Waals surface area contributed by atoms with Gasteiger partial charge in [-0.15, -0.1) is 0 Å². The molecule has 7 heteroatoms. The Kier molecular flexibility index (Phi) is 5.46. The maximum Gasteiger partial charge on any atom is 0.241 e. The molecule has 0 aliphatic heterocycles. The number of sulfonamides is 1. The van der Waals surface area contributed by atoms with Gasteiger partial charge in [-0.1, -0.05) is 23.8 Å². The predicted molar refractivity (Wildman–Crippen MR) is 87.0 cm³/mol. The molecule has 2 aromatic rings. The molecule has 23 heavy (non-hydrogen) atoms. The lowest BCUT2D eigenvalue weighted by atomic mass is 10.2. The summed E-state index contributed by atoms with van der Waals surface area (Å²) in [5.41, 5.74) is 1.67. The minimum absolute atomic E-state index is 0.132. The first-order chi connectivity index (χ1) is 10.9. The summed E-state index contributed by atoms with van der Waals surface area (Å²) in [4.78, 5) is 16.2. The fourth-order valence-electron chi connectivity index (χ4n) is 1.91. The highest BCUT2D eigenvalue weighted by atomic mass is 32.2. The van der Waals surface area contributed by atoms with Crippen molar-refractivity contribution >= 4 is 15.9 Å². The Morgan fingerprint density at radius 1 is 1.17 bits per heavy atom. The maximum atomic E-state index is 12.2. The normalized spacial score (nSPS) is 12.6. The van der Waals surface area contributed by atoms with E-state index in [1.807, 2.05) is 13.0 Å². The van der Waals surface area contributed by atoms with E-state index in [0.29, 0.717) is 5.69 Å². The van der Waals surface area contributed by atoms with Crippen LogP contribution < -0.4 is 10.0 Å². The van der Waals surface area contributed by atoms with Crippen molar-refractivity contribution in [2.24, 2.45) is 0 Å². The predicted octanol–water partition coefficient (Wildman–Crippen LogP) is 1.37. The van der Waals surface area contributed by atoms with E-state index >= 15 is 0 Å². The van der Waals surface area contributed by atoms with Crippen molar-refractivity contribution in [3.63, 3.8) is 0 Å². The largest absolute Gasteiger partial charge is 0.349 e. The summed E-state index contributed by atoms with van der Waals surface area (Å²) in [6, 6.07) is 10.9. The van der Waals surface area contributed by atoms with Crippen molar-refractivity contribution in [2.75, 3.05) is 0 Å². The summed E-state index contributed by atoms with van der Waals surface area (Å²) in [6.45, 7) is 3.62. The fraction of sp³-hybridized carbons (Fsp3) is 0.250. The van der Waals surface area contributed by atoms with E-state index in [2.05, 4.69) is 15.0 Å². The molecule has 1 heterocycles. The van der Waals surface area contributed by atoms with Gasteiger partial charge in [-0.05, 0) is 38.1 Å². The van der Waals surface area contributed by atoms with Crippen LogP contribution in [0.1, 0.15) is 18.2 Å². The molecule has 2 N–H and O–H groups in total. The first-order valence-electron chi connectivity index (χ1n) is 7.15. The molecule has 6 nitrogen and oxygen atoms in total. The average molecular weight is 333 g/mol. The van der Waals surface area contributed by atoms with Crippen molar-refractivity contribution in [2.45, 2.75) is 31.3 Å². The zero-order valence-corrected chi connectivity index (χ0v) is 13.8. The van der Waals surface area contributed by atoms with Crippen LogP contribution in [0.3, 0.4) is 0 Å². The number of carbonyl (C=O) groups excluding carboxylic acids is 1. The van der Waals surface area contributed by atoms with Crippen LogP contribution in [-0.4, -0.2) is 25.4 Å². The van der Waals surface area contributed by atoms with Crippen molar-refractivity contribution in [1.29, 1.82) is 0 Å². The number of hydrogen-bond acceptors (Lipinski definition) is 4. The number of aryl methyl sites for hydroxylation is 1. The Balaban J connectivity index is 1.96. The molecule has 1 atom stereocenters. The first-order valence-corrected chi connectivity index (χ1v) is 8.63. The molecule has 1 aromatic carbocycles. The van der Waals surface area contributed by atoms with E-state index in [1.54, 1.807) is 30.5 Å². The van der Waals surface area contributed by atoms with E-state index in [4.69, 9.17) is 0 Å². The first kappa shape index (κ1) is 17.1. The summed E-state index contributed by atoms with van der Waals surface area (Å²) in [6.07, 6.45) is 1.63. The van der Waals surface area contributed by atoms with E-state index in [9.17, 15) is 13.2 Å². The van der Waals surface area contributed by atoms with Crippen molar-refractivity contribution in [3.05, 3.63) is 59.9 Å². The third-order valence-electron chi connectivity index (χ3n) is 3.23. The highest BCUT2D eigenvalue weighted by Crippen LogP contribution is 2.10. The smallest absolute Gasteiger partial charge is 0.241 e. The lowest BCUT2D eigenvalue weighted by Gasteiger charge is -2.14. The molecule has 0 unspecified atom stereocenters. The van der Waals surface area contributed by atoms with Gasteiger partial charge in [0.1, 0.15) is 0 Å². The lowest BCUT2D eigenvalue weighted by molar-refractivity contribution is -0.122. The van der Waals surface area contributed by atoms with Gasteiger partial charge in [-0.3, -0.25) is 9.78 Å². The highest BCUT2D eigenvalue weighted by Gasteiger charge is 2.21. The number of pyridine rings is 1. The molecule has 0 bridgehead atoms. The van der Waals surface area contributed by atoms with Gasteiger partial charge in [0.15, 0.2) is 0 Å². The van der Waals surface area contributed by atoms with Crippen LogP contribution in [-0.2, 0) is 21.4 Å². The van der Waals surface area contributed by atoms with Gasteiger partial charge in [-0.2, -0.15) is 4.72 Å². The van der Waals surface area contributed by atoms with E-state index in [1.165, 1.54) is 19.1 Å². The minimum atomic E-state index is -3.73. The second-order valence-corrected chi connectivity index (χ2v) is 6.91. The van der Waals surface area contributed by atoms with Crippen LogP contribution in [0.2, 0.25) is 0 Å². The number of nitrogens with zero attached hydrogens (tertiary/aromatic N) is 1. The van der Waals surface area contributed by atoms with E-state index in [0.717, 1.165) is 5.56 Å². The number of aromatic nitrogens is 1. The van der Waals surface area contributed by atoms with Gasteiger partial charge >= 0.3 is 0 Å². The van der Waals surface area contributed by atoms with E-state index < -0.39 is 22.0 Å². The highest BCUT2D eigenvalue weighted by molar-refractivity contribution is 7.89. The summed E-state index contributed by atoms with van der Waals surface area (Å²) >= 11 is 0. The van der Waals surface area contributed by atoms with Crippen LogP contribution in [0.25, 0.3) is 0 Å². The molecule has 1 amide bonds. The molecule has 0 spiro atoms. The molecule has 2 rings (SSSR count). The van der Waals surface area contributed by atoms with Gasteiger partial charge in [-0.25, -0.2) is 8.42 Å². The Hall–Kier alpha value is -2.25. The zero-order chi connectivity index (χ0) is 16.9. The Labute approximate surface area is 136 Å². The van der Waals surface area contributed by atoms with Gasteiger partial charge in [0, 0.05) is 6.20 Å². The molecule has 0 fully saturated rings. The van der Waals surface area contributed by atoms with E-state index in [-0.39, 0.29) is 11.4 Å². The van der Waals surface area contributed by atoms with Gasteiger partial charge in [0.05, 0.1) is 23.2 Å². The molecule has 0 aliphatic rings. The zero-order valence-electron chi connectivity index (χ0n) is 13.0. The Morgan fingerprint density at radius 2 is 1.87 bits per heavy atom. The summed E-state index contributed by atoms with van der Waals surface area (Å²) in [7, 11) is -3.73. The molecule has 0 saturated carbocycles. The molecule has 0 saturated heterocycles. The third-order valence-corrected chi connectivity index (χ3v) is 4.78. The number of rotatable bonds is 6. The molecule has 1 aromatic heterocycles. The second kappa shape index (κ2) is 7.34. The average Bonchev–Trinajstić information content (AvgIpc) is 2.53. The molecule has 0 radical (unpaired) electrons. The van der Waals surface area contributed by atoms with Crippen molar-refractivity contribution in [1.82, 2.24) is 15.0 Å². The fourth-order valence-corrected chi connectivity index (χ4v) is 3.11. The Morgan fingerprint density at radius 3 is 2.48 bits per heavy atom. The summed E-state index contributed by atoms with van der Waals surface area (Å²) in [5, 5.41) is 2.65. The number of amides is 1. The van der Waals surface area contributed by atoms with Crippen LogP contribution in [0.15, 0.2) is 53.6 Å². The number of nitrogens with one attached hydrogen (secondary N) is 2. The van der Waals surface area contributed by atoms with Crippen molar-refractivity contribution < 1.29 is 13.2 Å². The quantitative estimate of drug-likeness (QED) is 0.836.